The van der Waals surface area contributed by atoms with Gasteiger partial charge in [0, 0.05) is 16.4 Å². The van der Waals surface area contributed by atoms with E-state index >= 15 is 0 Å². The van der Waals surface area contributed by atoms with Crippen LogP contribution in [0.25, 0.3) is 11.5 Å². The fraction of sp³-hybridized carbons (Fsp3) is 0.286. The SMILES string of the molecule is NC(=O)C(CCc1coc(-c2ccc(F)cc2)n1)CCc1ccc(C(=O)C(F)(F)F)s1. The van der Waals surface area contributed by atoms with Crippen molar-refractivity contribution in [1.82, 2.24) is 4.98 Å². The van der Waals surface area contributed by atoms with Crippen molar-refractivity contribution in [2.75, 3.05) is 0 Å². The second kappa shape index (κ2) is 9.42. The molecule has 10 heteroatoms. The zero-order valence-electron chi connectivity index (χ0n) is 16.1. The van der Waals surface area contributed by atoms with Gasteiger partial charge in [-0.25, -0.2) is 9.37 Å². The summed E-state index contributed by atoms with van der Waals surface area (Å²) in [6, 6.07) is 8.25. The van der Waals surface area contributed by atoms with Crippen LogP contribution in [0.15, 0.2) is 47.1 Å². The number of alkyl halides is 3. The van der Waals surface area contributed by atoms with Crippen molar-refractivity contribution in [1.29, 1.82) is 0 Å². The lowest BCUT2D eigenvalue weighted by Crippen LogP contribution is -2.24. The lowest BCUT2D eigenvalue weighted by atomic mass is 9.96. The molecular formula is C21H18F4N2O3S. The van der Waals surface area contributed by atoms with E-state index in [1.165, 1.54) is 36.6 Å². The van der Waals surface area contributed by atoms with Gasteiger partial charge in [0.25, 0.3) is 5.78 Å². The van der Waals surface area contributed by atoms with E-state index in [0.717, 1.165) is 17.4 Å². The Morgan fingerprint density at radius 2 is 1.74 bits per heavy atom. The molecule has 3 rings (SSSR count). The number of ketones is 1. The largest absolute Gasteiger partial charge is 0.455 e. The van der Waals surface area contributed by atoms with Crippen molar-refractivity contribution in [2.24, 2.45) is 11.7 Å². The first-order valence-electron chi connectivity index (χ1n) is 9.33. The smallest absolute Gasteiger partial charge is 0.444 e. The van der Waals surface area contributed by atoms with Gasteiger partial charge >= 0.3 is 6.18 Å². The number of carbonyl (C=O) groups is 2. The number of nitrogens with two attached hydrogens (primary N) is 1. The fourth-order valence-electron chi connectivity index (χ4n) is 2.99. The highest BCUT2D eigenvalue weighted by atomic mass is 32.1. The number of aryl methyl sites for hydroxylation is 2. The molecule has 5 nitrogen and oxygen atoms in total. The summed E-state index contributed by atoms with van der Waals surface area (Å²) in [5, 5.41) is 0. The van der Waals surface area contributed by atoms with Gasteiger partial charge in [0.2, 0.25) is 11.8 Å². The minimum absolute atomic E-state index is 0.322. The van der Waals surface area contributed by atoms with Gasteiger partial charge in [0.05, 0.1) is 10.6 Å². The molecule has 0 radical (unpaired) electrons. The van der Waals surface area contributed by atoms with Crippen LogP contribution in [-0.2, 0) is 17.6 Å². The van der Waals surface area contributed by atoms with Gasteiger partial charge in [0.15, 0.2) is 0 Å². The summed E-state index contributed by atoms with van der Waals surface area (Å²) in [5.74, 6) is -2.97. The molecule has 0 fully saturated rings. The molecule has 31 heavy (non-hydrogen) atoms. The topological polar surface area (TPSA) is 86.2 Å². The van der Waals surface area contributed by atoms with E-state index in [2.05, 4.69) is 4.98 Å². The summed E-state index contributed by atoms with van der Waals surface area (Å²) in [4.78, 5) is 27.6. The van der Waals surface area contributed by atoms with Crippen LogP contribution >= 0.6 is 11.3 Å². The minimum Gasteiger partial charge on any atom is -0.444 e. The summed E-state index contributed by atoms with van der Waals surface area (Å²) in [6.07, 6.45) is -2.03. The summed E-state index contributed by atoms with van der Waals surface area (Å²) in [6.45, 7) is 0. The van der Waals surface area contributed by atoms with Gasteiger partial charge in [-0.1, -0.05) is 0 Å². The van der Waals surface area contributed by atoms with Crippen LogP contribution in [0.5, 0.6) is 0 Å². The Morgan fingerprint density at radius 3 is 2.39 bits per heavy atom. The Balaban J connectivity index is 1.56. The van der Waals surface area contributed by atoms with Crippen molar-refractivity contribution in [3.63, 3.8) is 0 Å². The Labute approximate surface area is 178 Å². The maximum atomic E-state index is 13.0. The van der Waals surface area contributed by atoms with Crippen molar-refractivity contribution >= 4 is 23.0 Å². The fourth-order valence-corrected chi connectivity index (χ4v) is 3.97. The predicted octanol–water partition coefficient (Wildman–Crippen LogP) is 4.95. The second-order valence-corrected chi connectivity index (χ2v) is 8.09. The van der Waals surface area contributed by atoms with Crippen LogP contribution in [0.2, 0.25) is 0 Å². The molecular weight excluding hydrogens is 436 g/mol. The zero-order chi connectivity index (χ0) is 22.6. The first-order chi connectivity index (χ1) is 14.6. The first kappa shape index (κ1) is 22.7. The van der Waals surface area contributed by atoms with Crippen molar-refractivity contribution in [3.8, 4) is 11.5 Å². The molecule has 3 aromatic rings. The second-order valence-electron chi connectivity index (χ2n) is 6.92. The number of Topliss-reactive ketones (excluding diaryl/α,β-unsaturated/α-hetero) is 1. The molecule has 1 amide bonds. The summed E-state index contributed by atoms with van der Waals surface area (Å²) < 4.78 is 56.0. The zero-order valence-corrected chi connectivity index (χ0v) is 16.9. The van der Waals surface area contributed by atoms with Gasteiger partial charge in [-0.05, 0) is 62.1 Å². The number of aromatic nitrogens is 1. The van der Waals surface area contributed by atoms with Crippen LogP contribution in [-0.4, -0.2) is 22.9 Å². The molecule has 0 saturated heterocycles. The number of thiophene rings is 1. The molecule has 2 heterocycles. The number of hydrogen-bond donors (Lipinski definition) is 1. The molecule has 1 aromatic carbocycles. The number of halogens is 4. The maximum absolute atomic E-state index is 13.0. The number of primary amides is 1. The molecule has 2 N–H and O–H groups in total. The van der Waals surface area contributed by atoms with E-state index in [1.54, 1.807) is 0 Å². The molecule has 0 aliphatic rings. The van der Waals surface area contributed by atoms with Gasteiger partial charge in [0.1, 0.15) is 12.1 Å². The Morgan fingerprint density at radius 1 is 1.06 bits per heavy atom. The number of oxazole rings is 1. The van der Waals surface area contributed by atoms with Crippen LogP contribution in [0, 0.1) is 11.7 Å². The molecule has 1 atom stereocenters. The van der Waals surface area contributed by atoms with Gasteiger partial charge in [-0.3, -0.25) is 9.59 Å². The van der Waals surface area contributed by atoms with E-state index in [4.69, 9.17) is 10.2 Å². The van der Waals surface area contributed by atoms with Gasteiger partial charge in [-0.2, -0.15) is 13.2 Å². The molecule has 2 aromatic heterocycles. The van der Waals surface area contributed by atoms with Gasteiger partial charge < -0.3 is 10.2 Å². The molecule has 0 saturated carbocycles. The molecule has 0 spiro atoms. The standard InChI is InChI=1S/C21H18F4N2O3S/c22-14-5-1-13(2-6-14)20-27-15(11-30-20)7-3-12(19(26)29)4-8-16-9-10-17(31-16)18(28)21(23,24)25/h1-2,5-6,9-12H,3-4,7-8H2,(H2,26,29). The third-order valence-corrected chi connectivity index (χ3v) is 5.82. The van der Waals surface area contributed by atoms with E-state index in [-0.39, 0.29) is 10.7 Å². The maximum Gasteiger partial charge on any atom is 0.455 e. The third kappa shape index (κ3) is 6.00. The average molecular weight is 454 g/mol. The Hall–Kier alpha value is -3.01. The van der Waals surface area contributed by atoms with Crippen molar-refractivity contribution < 1.29 is 31.6 Å². The molecule has 1 unspecified atom stereocenters. The number of carbonyl (C=O) groups excluding carboxylic acids is 2. The highest BCUT2D eigenvalue weighted by Gasteiger charge is 2.40. The quantitative estimate of drug-likeness (QED) is 0.366. The Kier molecular flexibility index (Phi) is 6.89. The lowest BCUT2D eigenvalue weighted by molar-refractivity contribution is -0.122. The molecule has 0 aliphatic heterocycles. The molecule has 164 valence electrons. The van der Waals surface area contributed by atoms with Crippen molar-refractivity contribution in [3.05, 3.63) is 63.9 Å². The van der Waals surface area contributed by atoms with Gasteiger partial charge in [-0.15, -0.1) is 11.3 Å². The number of nitrogens with zero attached hydrogens (tertiary/aromatic N) is 1. The molecule has 0 aliphatic carbocycles. The van der Waals surface area contributed by atoms with E-state index < -0.39 is 23.8 Å². The highest BCUT2D eigenvalue weighted by Crippen LogP contribution is 2.28. The van der Waals surface area contributed by atoms with E-state index in [0.29, 0.717) is 47.7 Å². The van der Waals surface area contributed by atoms with Crippen LogP contribution < -0.4 is 5.73 Å². The summed E-state index contributed by atoms with van der Waals surface area (Å²) in [5.41, 5.74) is 6.68. The van der Waals surface area contributed by atoms with Crippen molar-refractivity contribution in [2.45, 2.75) is 31.9 Å². The number of hydrogen-bond acceptors (Lipinski definition) is 5. The average Bonchev–Trinajstić information content (AvgIpc) is 3.36. The minimum atomic E-state index is -4.91. The lowest BCUT2D eigenvalue weighted by Gasteiger charge is -2.11. The first-order valence-corrected chi connectivity index (χ1v) is 10.1. The molecule has 0 bridgehead atoms. The Bertz CT molecular complexity index is 1060. The number of amides is 1. The van der Waals surface area contributed by atoms with E-state index in [9.17, 15) is 27.2 Å². The predicted molar refractivity (Wildman–Crippen MR) is 106 cm³/mol. The number of benzene rings is 1. The van der Waals surface area contributed by atoms with Crippen LogP contribution in [0.3, 0.4) is 0 Å². The highest BCUT2D eigenvalue weighted by molar-refractivity contribution is 7.14. The third-order valence-electron chi connectivity index (χ3n) is 4.68. The van der Waals surface area contributed by atoms with E-state index in [1.807, 2.05) is 0 Å². The normalized spacial score (nSPS) is 12.6. The monoisotopic (exact) mass is 454 g/mol. The summed E-state index contributed by atoms with van der Waals surface area (Å²) in [7, 11) is 0. The van der Waals surface area contributed by atoms with Crippen LogP contribution in [0.4, 0.5) is 17.6 Å². The number of rotatable bonds is 9. The summed E-state index contributed by atoms with van der Waals surface area (Å²) >= 11 is 0.762. The van der Waals surface area contributed by atoms with Crippen LogP contribution in [0.1, 0.15) is 33.1 Å².